The average molecular weight is 193 g/mol. The summed E-state index contributed by atoms with van der Waals surface area (Å²) in [6, 6.07) is 0.123. The van der Waals surface area contributed by atoms with Crippen LogP contribution in [0.1, 0.15) is 20.8 Å². The summed E-state index contributed by atoms with van der Waals surface area (Å²) >= 11 is 0. The lowest BCUT2D eigenvalue weighted by Gasteiger charge is -2.25. The number of ketones is 1. The summed E-state index contributed by atoms with van der Waals surface area (Å²) in [5, 5.41) is 0. The highest BCUT2D eigenvalue weighted by Crippen LogP contribution is 2.47. The second-order valence-corrected chi connectivity index (χ2v) is 5.36. The topological polar surface area (TPSA) is 20.3 Å². The van der Waals surface area contributed by atoms with Crippen molar-refractivity contribution in [2.24, 2.45) is 17.3 Å². The van der Waals surface area contributed by atoms with Crippen molar-refractivity contribution in [2.45, 2.75) is 26.8 Å². The van der Waals surface area contributed by atoms with Gasteiger partial charge in [0.25, 0.3) is 0 Å². The Morgan fingerprint density at radius 1 is 1.50 bits per heavy atom. The summed E-state index contributed by atoms with van der Waals surface area (Å²) in [5.74, 6) is 1.39. The molecule has 3 atom stereocenters. The minimum atomic E-state index is 0.123. The van der Waals surface area contributed by atoms with Crippen LogP contribution < -0.4 is 0 Å². The molecule has 1 fully saturated rings. The van der Waals surface area contributed by atoms with Crippen molar-refractivity contribution >= 4 is 5.78 Å². The third-order valence-corrected chi connectivity index (χ3v) is 3.91. The molecule has 0 saturated carbocycles. The number of allylic oxidation sites excluding steroid dienone is 1. The molecule has 1 aliphatic carbocycles. The summed E-state index contributed by atoms with van der Waals surface area (Å²) in [4.78, 5) is 13.7. The zero-order valence-electron chi connectivity index (χ0n) is 9.45. The van der Waals surface area contributed by atoms with Crippen LogP contribution in [-0.2, 0) is 4.79 Å². The summed E-state index contributed by atoms with van der Waals surface area (Å²) in [6.45, 7) is 7.30. The lowest BCUT2D eigenvalue weighted by atomic mass is 9.78. The summed E-state index contributed by atoms with van der Waals surface area (Å²) in [7, 11) is 2.06. The van der Waals surface area contributed by atoms with Gasteiger partial charge in [-0.1, -0.05) is 26.0 Å². The van der Waals surface area contributed by atoms with Crippen molar-refractivity contribution in [3.05, 3.63) is 12.2 Å². The number of fused-ring (bicyclic) bond motifs is 1. The van der Waals surface area contributed by atoms with Crippen LogP contribution in [0.25, 0.3) is 0 Å². The predicted octanol–water partition coefficient (Wildman–Crippen LogP) is 1.72. The Kier molecular flexibility index (Phi) is 2.07. The van der Waals surface area contributed by atoms with Gasteiger partial charge in [-0.25, -0.2) is 0 Å². The lowest BCUT2D eigenvalue weighted by molar-refractivity contribution is -0.121. The zero-order chi connectivity index (χ0) is 10.5. The molecule has 0 aromatic heterocycles. The molecule has 2 aliphatic rings. The fourth-order valence-corrected chi connectivity index (χ4v) is 3.09. The number of carbonyl (C=O) groups is 1. The molecule has 0 spiro atoms. The van der Waals surface area contributed by atoms with Crippen molar-refractivity contribution in [3.8, 4) is 0 Å². The Morgan fingerprint density at radius 2 is 2.14 bits per heavy atom. The second kappa shape index (κ2) is 2.93. The Balaban J connectivity index is 2.28. The van der Waals surface area contributed by atoms with E-state index in [0.29, 0.717) is 17.6 Å². The lowest BCUT2D eigenvalue weighted by Crippen LogP contribution is -2.34. The summed E-state index contributed by atoms with van der Waals surface area (Å²) < 4.78 is 0. The van der Waals surface area contributed by atoms with E-state index in [1.54, 1.807) is 6.92 Å². The van der Waals surface area contributed by atoms with Gasteiger partial charge in [0, 0.05) is 12.5 Å². The van der Waals surface area contributed by atoms with Gasteiger partial charge in [0.2, 0.25) is 0 Å². The molecular formula is C12H19NO. The molecule has 2 rings (SSSR count). The Labute approximate surface area is 86.0 Å². The molecular weight excluding hydrogens is 174 g/mol. The van der Waals surface area contributed by atoms with Gasteiger partial charge in [0.1, 0.15) is 5.78 Å². The second-order valence-electron chi connectivity index (χ2n) is 5.36. The molecule has 2 heteroatoms. The van der Waals surface area contributed by atoms with E-state index >= 15 is 0 Å². The molecule has 0 amide bonds. The van der Waals surface area contributed by atoms with E-state index < -0.39 is 0 Å². The van der Waals surface area contributed by atoms with E-state index in [4.69, 9.17) is 0 Å². The quantitative estimate of drug-likeness (QED) is 0.591. The van der Waals surface area contributed by atoms with Crippen LogP contribution in [0.4, 0.5) is 0 Å². The molecule has 0 unspecified atom stereocenters. The van der Waals surface area contributed by atoms with Gasteiger partial charge in [0.05, 0.1) is 6.04 Å². The van der Waals surface area contributed by atoms with Crippen LogP contribution in [0.15, 0.2) is 12.2 Å². The number of rotatable bonds is 1. The van der Waals surface area contributed by atoms with E-state index in [9.17, 15) is 4.79 Å². The first-order valence-electron chi connectivity index (χ1n) is 5.33. The molecule has 0 radical (unpaired) electrons. The van der Waals surface area contributed by atoms with Gasteiger partial charge in [-0.05, 0) is 25.3 Å². The smallest absolute Gasteiger partial charge is 0.147 e. The SMILES string of the molecule is CC(=O)[C@@H]1[C@H]2C=CC(C)(C)[C@H]2CN1C. The first kappa shape index (κ1) is 9.91. The first-order chi connectivity index (χ1) is 6.43. The minimum absolute atomic E-state index is 0.123. The molecule has 0 N–H and O–H groups in total. The third-order valence-electron chi connectivity index (χ3n) is 3.91. The summed E-state index contributed by atoms with van der Waals surface area (Å²) in [6.07, 6.45) is 4.53. The molecule has 0 aromatic carbocycles. The van der Waals surface area contributed by atoms with Crippen molar-refractivity contribution in [1.82, 2.24) is 4.90 Å². The molecule has 78 valence electrons. The maximum Gasteiger partial charge on any atom is 0.147 e. The van der Waals surface area contributed by atoms with Crippen molar-refractivity contribution in [1.29, 1.82) is 0 Å². The van der Waals surface area contributed by atoms with E-state index in [0.717, 1.165) is 6.54 Å². The average Bonchev–Trinajstić information content (AvgIpc) is 2.50. The van der Waals surface area contributed by atoms with Crippen LogP contribution in [0.2, 0.25) is 0 Å². The largest absolute Gasteiger partial charge is 0.298 e. The number of hydrogen-bond donors (Lipinski definition) is 0. The van der Waals surface area contributed by atoms with Gasteiger partial charge in [-0.3, -0.25) is 9.69 Å². The standard InChI is InChI=1S/C12H19NO/c1-8(14)11-9-5-6-12(2,3)10(9)7-13(11)4/h5-6,9-11H,7H2,1-4H3/t9-,10-,11+/m0/s1. The van der Waals surface area contributed by atoms with E-state index in [1.165, 1.54) is 0 Å². The number of nitrogens with zero attached hydrogens (tertiary/aromatic N) is 1. The van der Waals surface area contributed by atoms with Gasteiger partial charge in [0.15, 0.2) is 0 Å². The van der Waals surface area contributed by atoms with E-state index in [2.05, 4.69) is 37.9 Å². The zero-order valence-corrected chi connectivity index (χ0v) is 9.45. The van der Waals surface area contributed by atoms with Gasteiger partial charge >= 0.3 is 0 Å². The van der Waals surface area contributed by atoms with Crippen LogP contribution in [-0.4, -0.2) is 30.3 Å². The normalized spacial score (nSPS) is 40.1. The highest BCUT2D eigenvalue weighted by Gasteiger charge is 2.49. The molecule has 1 heterocycles. The fourth-order valence-electron chi connectivity index (χ4n) is 3.09. The number of likely N-dealkylation sites (tertiary alicyclic amines) is 1. The molecule has 14 heavy (non-hydrogen) atoms. The Hall–Kier alpha value is -0.630. The third kappa shape index (κ3) is 1.24. The molecule has 0 bridgehead atoms. The highest BCUT2D eigenvalue weighted by molar-refractivity contribution is 5.82. The molecule has 2 nitrogen and oxygen atoms in total. The number of hydrogen-bond acceptors (Lipinski definition) is 2. The van der Waals surface area contributed by atoms with Gasteiger partial charge in [-0.2, -0.15) is 0 Å². The Bertz CT molecular complexity index is 293. The molecule has 1 aliphatic heterocycles. The van der Waals surface area contributed by atoms with Crippen LogP contribution in [0, 0.1) is 17.3 Å². The van der Waals surface area contributed by atoms with Crippen molar-refractivity contribution in [2.75, 3.05) is 13.6 Å². The van der Waals surface area contributed by atoms with Crippen molar-refractivity contribution < 1.29 is 4.79 Å². The Morgan fingerprint density at radius 3 is 2.71 bits per heavy atom. The van der Waals surface area contributed by atoms with Crippen LogP contribution in [0.3, 0.4) is 0 Å². The van der Waals surface area contributed by atoms with Crippen LogP contribution in [0.5, 0.6) is 0 Å². The fraction of sp³-hybridized carbons (Fsp3) is 0.750. The molecule has 1 saturated heterocycles. The maximum atomic E-state index is 11.5. The molecule has 0 aromatic rings. The predicted molar refractivity (Wildman–Crippen MR) is 57.0 cm³/mol. The highest BCUT2D eigenvalue weighted by atomic mass is 16.1. The monoisotopic (exact) mass is 193 g/mol. The summed E-state index contributed by atoms with van der Waals surface area (Å²) in [5.41, 5.74) is 0.267. The van der Waals surface area contributed by atoms with Crippen molar-refractivity contribution in [3.63, 3.8) is 0 Å². The number of likely N-dealkylation sites (N-methyl/N-ethyl adjacent to an activating group) is 1. The minimum Gasteiger partial charge on any atom is -0.298 e. The van der Waals surface area contributed by atoms with E-state index in [-0.39, 0.29) is 11.5 Å². The number of Topliss-reactive ketones (excluding diaryl/α,β-unsaturated/α-hetero) is 1. The van der Waals surface area contributed by atoms with E-state index in [1.807, 2.05) is 0 Å². The van der Waals surface area contributed by atoms with Gasteiger partial charge in [-0.15, -0.1) is 0 Å². The van der Waals surface area contributed by atoms with Crippen LogP contribution >= 0.6 is 0 Å². The first-order valence-corrected chi connectivity index (χ1v) is 5.33. The number of carbonyl (C=O) groups excluding carboxylic acids is 1. The maximum absolute atomic E-state index is 11.5. The van der Waals surface area contributed by atoms with Gasteiger partial charge < -0.3 is 0 Å².